The summed E-state index contributed by atoms with van der Waals surface area (Å²) in [5.41, 5.74) is 0. The maximum absolute atomic E-state index is 10.4. The summed E-state index contributed by atoms with van der Waals surface area (Å²) in [6, 6.07) is 0. The number of allylic oxidation sites excluding steroid dienone is 4. The molecule has 0 aliphatic rings. The molecule has 0 amide bonds. The largest absolute Gasteiger partial charge is 0.481 e. The topological polar surface area (TPSA) is 37.3 Å². The lowest BCUT2D eigenvalue weighted by Gasteiger charge is -2.01. The van der Waals surface area contributed by atoms with Crippen molar-refractivity contribution in [3.63, 3.8) is 0 Å². The summed E-state index contributed by atoms with van der Waals surface area (Å²) in [5.74, 6) is -0.705. The Morgan fingerprint density at radius 1 is 0.577 bits per heavy atom. The molecular weight excluding hydrogens is 320 g/mol. The van der Waals surface area contributed by atoms with Gasteiger partial charge in [-0.05, 0) is 44.9 Å². The van der Waals surface area contributed by atoms with Gasteiger partial charge in [-0.3, -0.25) is 4.79 Å². The molecule has 0 saturated carbocycles. The van der Waals surface area contributed by atoms with Gasteiger partial charge in [-0.25, -0.2) is 0 Å². The standard InChI is InChI=1S/C24H44O2/c1-2-3-4-5-6-7-8-9-10-11-12-13-14-15-16-17-18-19-20-21-22-23-24(25)26/h7-8,20-21H,2-6,9-19,22-23H2,1H3,(H,25,26). The molecule has 2 heteroatoms. The zero-order valence-corrected chi connectivity index (χ0v) is 17.4. The smallest absolute Gasteiger partial charge is 0.303 e. The minimum Gasteiger partial charge on any atom is -0.481 e. The second-order valence-corrected chi connectivity index (χ2v) is 7.48. The molecule has 0 aliphatic heterocycles. The van der Waals surface area contributed by atoms with Gasteiger partial charge in [0.1, 0.15) is 0 Å². The number of aliphatic carboxylic acids is 1. The van der Waals surface area contributed by atoms with Crippen LogP contribution in [-0.4, -0.2) is 11.1 Å². The number of unbranched alkanes of at least 4 members (excludes halogenated alkanes) is 14. The van der Waals surface area contributed by atoms with Gasteiger partial charge in [-0.2, -0.15) is 0 Å². The van der Waals surface area contributed by atoms with Gasteiger partial charge in [0.15, 0.2) is 0 Å². The fraction of sp³-hybridized carbons (Fsp3) is 0.792. The number of carboxylic acid groups (broad SMARTS) is 1. The highest BCUT2D eigenvalue weighted by Gasteiger charge is 1.93. The molecule has 0 spiro atoms. The summed E-state index contributed by atoms with van der Waals surface area (Å²) in [5, 5.41) is 8.54. The molecule has 0 aromatic carbocycles. The van der Waals surface area contributed by atoms with E-state index in [0.717, 1.165) is 6.42 Å². The molecule has 2 nitrogen and oxygen atoms in total. The average Bonchev–Trinajstić information content (AvgIpc) is 2.62. The van der Waals surface area contributed by atoms with Crippen molar-refractivity contribution < 1.29 is 9.90 Å². The maximum Gasteiger partial charge on any atom is 0.303 e. The molecular formula is C24H44O2. The number of rotatable bonds is 20. The van der Waals surface area contributed by atoms with Gasteiger partial charge in [0.05, 0.1) is 0 Å². The Morgan fingerprint density at radius 2 is 0.923 bits per heavy atom. The number of hydrogen-bond donors (Lipinski definition) is 1. The normalized spacial score (nSPS) is 11.7. The lowest BCUT2D eigenvalue weighted by Crippen LogP contribution is -1.91. The van der Waals surface area contributed by atoms with Crippen LogP contribution in [0.5, 0.6) is 0 Å². The van der Waals surface area contributed by atoms with Crippen molar-refractivity contribution in [2.24, 2.45) is 0 Å². The predicted molar refractivity (Wildman–Crippen MR) is 115 cm³/mol. The fourth-order valence-corrected chi connectivity index (χ4v) is 3.13. The van der Waals surface area contributed by atoms with Crippen LogP contribution in [0, 0.1) is 0 Å². The zero-order chi connectivity index (χ0) is 19.1. The quantitative estimate of drug-likeness (QED) is 0.174. The second-order valence-electron chi connectivity index (χ2n) is 7.48. The number of carboxylic acids is 1. The average molecular weight is 365 g/mol. The first-order valence-electron chi connectivity index (χ1n) is 11.3. The molecule has 152 valence electrons. The summed E-state index contributed by atoms with van der Waals surface area (Å²) < 4.78 is 0. The van der Waals surface area contributed by atoms with Gasteiger partial charge in [0.2, 0.25) is 0 Å². The van der Waals surface area contributed by atoms with Gasteiger partial charge < -0.3 is 5.11 Å². The number of hydrogen-bond acceptors (Lipinski definition) is 1. The minimum atomic E-state index is -0.705. The second kappa shape index (κ2) is 22.0. The van der Waals surface area contributed by atoms with Crippen molar-refractivity contribution in [2.75, 3.05) is 0 Å². The molecule has 0 unspecified atom stereocenters. The van der Waals surface area contributed by atoms with Crippen LogP contribution in [0.1, 0.15) is 122 Å². The highest BCUT2D eigenvalue weighted by Crippen LogP contribution is 2.12. The Labute approximate surface area is 163 Å². The van der Waals surface area contributed by atoms with E-state index in [2.05, 4.69) is 25.2 Å². The highest BCUT2D eigenvalue weighted by molar-refractivity contribution is 5.66. The van der Waals surface area contributed by atoms with Crippen molar-refractivity contribution in [3.05, 3.63) is 24.3 Å². The van der Waals surface area contributed by atoms with Crippen LogP contribution < -0.4 is 0 Å². The zero-order valence-electron chi connectivity index (χ0n) is 17.4. The Kier molecular flexibility index (Phi) is 21.1. The maximum atomic E-state index is 10.4. The third kappa shape index (κ3) is 22.9. The van der Waals surface area contributed by atoms with Crippen LogP contribution in [0.15, 0.2) is 24.3 Å². The van der Waals surface area contributed by atoms with Gasteiger partial charge in [-0.1, -0.05) is 95.4 Å². The van der Waals surface area contributed by atoms with Gasteiger partial charge in [0, 0.05) is 6.42 Å². The molecule has 0 fully saturated rings. The molecule has 0 rings (SSSR count). The van der Waals surface area contributed by atoms with Crippen LogP contribution in [0.4, 0.5) is 0 Å². The van der Waals surface area contributed by atoms with E-state index in [4.69, 9.17) is 5.11 Å². The van der Waals surface area contributed by atoms with E-state index in [1.165, 1.54) is 96.3 Å². The van der Waals surface area contributed by atoms with E-state index in [9.17, 15) is 4.79 Å². The van der Waals surface area contributed by atoms with Gasteiger partial charge in [-0.15, -0.1) is 0 Å². The van der Waals surface area contributed by atoms with E-state index in [1.54, 1.807) is 0 Å². The SMILES string of the molecule is CCCCCCC=CCCCCCCCCCCCC=CCCC(=O)O. The molecule has 26 heavy (non-hydrogen) atoms. The Morgan fingerprint density at radius 3 is 1.31 bits per heavy atom. The van der Waals surface area contributed by atoms with E-state index >= 15 is 0 Å². The summed E-state index contributed by atoms with van der Waals surface area (Å²) >= 11 is 0. The van der Waals surface area contributed by atoms with Crippen LogP contribution in [-0.2, 0) is 4.79 Å². The Hall–Kier alpha value is -1.05. The first kappa shape index (κ1) is 24.9. The molecule has 1 N–H and O–H groups in total. The van der Waals surface area contributed by atoms with Crippen molar-refractivity contribution in [3.8, 4) is 0 Å². The van der Waals surface area contributed by atoms with Crippen LogP contribution in [0.2, 0.25) is 0 Å². The molecule has 0 radical (unpaired) electrons. The van der Waals surface area contributed by atoms with Gasteiger partial charge >= 0.3 is 5.97 Å². The minimum absolute atomic E-state index is 0.256. The molecule has 0 heterocycles. The first-order valence-corrected chi connectivity index (χ1v) is 11.3. The Bertz CT molecular complexity index is 344. The van der Waals surface area contributed by atoms with Crippen molar-refractivity contribution in [1.29, 1.82) is 0 Å². The lowest BCUT2D eigenvalue weighted by molar-refractivity contribution is -0.136. The third-order valence-electron chi connectivity index (χ3n) is 4.82. The molecule has 0 aromatic rings. The van der Waals surface area contributed by atoms with Crippen molar-refractivity contribution in [2.45, 2.75) is 122 Å². The third-order valence-corrected chi connectivity index (χ3v) is 4.82. The van der Waals surface area contributed by atoms with Gasteiger partial charge in [0.25, 0.3) is 0 Å². The predicted octanol–water partition coefficient (Wildman–Crippen LogP) is 8.23. The fourth-order valence-electron chi connectivity index (χ4n) is 3.13. The summed E-state index contributed by atoms with van der Waals surface area (Å²) in [4.78, 5) is 10.4. The highest BCUT2D eigenvalue weighted by atomic mass is 16.4. The molecule has 0 bridgehead atoms. The number of carbonyl (C=O) groups is 1. The van der Waals surface area contributed by atoms with E-state index in [1.807, 2.05) is 6.08 Å². The van der Waals surface area contributed by atoms with E-state index in [-0.39, 0.29) is 6.42 Å². The molecule has 0 aromatic heterocycles. The molecule has 0 aliphatic carbocycles. The molecule has 0 atom stereocenters. The van der Waals surface area contributed by atoms with Crippen LogP contribution >= 0.6 is 0 Å². The summed E-state index contributed by atoms with van der Waals surface area (Å²) in [7, 11) is 0. The van der Waals surface area contributed by atoms with Crippen LogP contribution in [0.3, 0.4) is 0 Å². The summed E-state index contributed by atoms with van der Waals surface area (Å²) in [6.45, 7) is 2.27. The van der Waals surface area contributed by atoms with E-state index in [0.29, 0.717) is 6.42 Å². The lowest BCUT2D eigenvalue weighted by atomic mass is 10.1. The van der Waals surface area contributed by atoms with Crippen molar-refractivity contribution in [1.82, 2.24) is 0 Å². The van der Waals surface area contributed by atoms with E-state index < -0.39 is 5.97 Å². The first-order chi connectivity index (χ1) is 12.8. The van der Waals surface area contributed by atoms with Crippen molar-refractivity contribution >= 4 is 5.97 Å². The summed E-state index contributed by atoms with van der Waals surface area (Å²) in [6.07, 6.45) is 31.2. The monoisotopic (exact) mass is 364 g/mol. The Balaban J connectivity index is 3.11. The van der Waals surface area contributed by atoms with Crippen LogP contribution in [0.25, 0.3) is 0 Å². The molecule has 0 saturated heterocycles.